The molecule has 0 unspecified atom stereocenters. The van der Waals surface area contributed by atoms with Gasteiger partial charge in [-0.2, -0.15) is 0 Å². The smallest absolute Gasteiger partial charge is 0.256 e. The van der Waals surface area contributed by atoms with Crippen LogP contribution in [0.5, 0.6) is 5.75 Å². The second-order valence-electron chi connectivity index (χ2n) is 5.47. The quantitative estimate of drug-likeness (QED) is 0.762. The third kappa shape index (κ3) is 2.83. The van der Waals surface area contributed by atoms with E-state index in [2.05, 4.69) is 25.3 Å². The van der Waals surface area contributed by atoms with Crippen LogP contribution in [-0.4, -0.2) is 19.9 Å². The molecule has 3 heterocycles. The van der Waals surface area contributed by atoms with Crippen LogP contribution in [0.4, 0.5) is 5.95 Å². The lowest BCUT2D eigenvalue weighted by Gasteiger charge is -2.08. The number of nitrogens with one attached hydrogen (secondary N) is 2. The minimum absolute atomic E-state index is 0.148. The lowest BCUT2D eigenvalue weighted by molar-refractivity contribution is 0.302. The molecule has 0 saturated heterocycles. The molecule has 4 rings (SSSR count). The normalized spacial score (nSPS) is 12.5. The van der Waals surface area contributed by atoms with Gasteiger partial charge < -0.3 is 10.1 Å². The Balaban J connectivity index is 1.60. The number of aromatic amines is 1. The van der Waals surface area contributed by atoms with E-state index in [4.69, 9.17) is 4.74 Å². The third-order valence-corrected chi connectivity index (χ3v) is 3.89. The Bertz CT molecular complexity index is 924. The molecule has 1 aliphatic rings. The van der Waals surface area contributed by atoms with Crippen molar-refractivity contribution in [3.05, 3.63) is 75.7 Å². The number of hydrogen-bond acceptors (Lipinski definition) is 6. The predicted molar refractivity (Wildman–Crippen MR) is 87.8 cm³/mol. The van der Waals surface area contributed by atoms with Crippen molar-refractivity contribution in [3.8, 4) is 5.75 Å². The summed E-state index contributed by atoms with van der Waals surface area (Å²) in [6.45, 7) is 0.726. The van der Waals surface area contributed by atoms with Crippen molar-refractivity contribution < 1.29 is 4.74 Å². The summed E-state index contributed by atoms with van der Waals surface area (Å²) in [5.74, 6) is 1.21. The summed E-state index contributed by atoms with van der Waals surface area (Å²) in [4.78, 5) is 27.7. The molecule has 1 aliphatic heterocycles. The summed E-state index contributed by atoms with van der Waals surface area (Å²) in [5.41, 5.74) is 2.95. The SMILES string of the molecule is O=c1[nH]c(NCc2ccncn2)nc2c1Cc1ccccc1OC2. The van der Waals surface area contributed by atoms with E-state index in [1.807, 2.05) is 24.3 Å². The summed E-state index contributed by atoms with van der Waals surface area (Å²) in [5, 5.41) is 3.08. The molecule has 1 aromatic carbocycles. The van der Waals surface area contributed by atoms with Gasteiger partial charge in [-0.3, -0.25) is 9.78 Å². The molecule has 24 heavy (non-hydrogen) atoms. The molecule has 7 nitrogen and oxygen atoms in total. The van der Waals surface area contributed by atoms with Crippen LogP contribution in [0, 0.1) is 0 Å². The summed E-state index contributed by atoms with van der Waals surface area (Å²) in [6.07, 6.45) is 3.66. The van der Waals surface area contributed by atoms with Gasteiger partial charge in [0.1, 0.15) is 18.7 Å². The van der Waals surface area contributed by atoms with E-state index in [1.54, 1.807) is 12.3 Å². The predicted octanol–water partition coefficient (Wildman–Crippen LogP) is 1.66. The number of hydrogen-bond donors (Lipinski definition) is 2. The number of nitrogens with zero attached hydrogens (tertiary/aromatic N) is 3. The topological polar surface area (TPSA) is 92.8 Å². The number of fused-ring (bicyclic) bond motifs is 2. The van der Waals surface area contributed by atoms with E-state index in [0.717, 1.165) is 17.0 Å². The zero-order valence-corrected chi connectivity index (χ0v) is 12.8. The lowest BCUT2D eigenvalue weighted by atomic mass is 10.1. The van der Waals surface area contributed by atoms with Gasteiger partial charge in [0.05, 0.1) is 17.9 Å². The van der Waals surface area contributed by atoms with Gasteiger partial charge in [-0.05, 0) is 17.7 Å². The maximum atomic E-state index is 12.4. The minimum atomic E-state index is -0.148. The highest BCUT2D eigenvalue weighted by Gasteiger charge is 2.18. The molecule has 0 bridgehead atoms. The van der Waals surface area contributed by atoms with Crippen LogP contribution < -0.4 is 15.6 Å². The van der Waals surface area contributed by atoms with Crippen molar-refractivity contribution in [2.75, 3.05) is 5.32 Å². The van der Waals surface area contributed by atoms with Crippen LogP contribution in [0.15, 0.2) is 47.7 Å². The Kier molecular flexibility index (Phi) is 3.66. The highest BCUT2D eigenvalue weighted by molar-refractivity contribution is 5.41. The summed E-state index contributed by atoms with van der Waals surface area (Å²) in [7, 11) is 0. The van der Waals surface area contributed by atoms with Gasteiger partial charge in [-0.1, -0.05) is 18.2 Å². The molecule has 2 aromatic heterocycles. The van der Waals surface area contributed by atoms with E-state index in [-0.39, 0.29) is 12.2 Å². The Morgan fingerprint density at radius 1 is 1.25 bits per heavy atom. The molecule has 0 spiro atoms. The fraction of sp³-hybridized carbons (Fsp3) is 0.176. The number of ether oxygens (including phenoxy) is 1. The molecule has 2 N–H and O–H groups in total. The maximum Gasteiger partial charge on any atom is 0.256 e. The Hall–Kier alpha value is -3.22. The number of para-hydroxylation sites is 1. The molecule has 0 aliphatic carbocycles. The molecular weight excluding hydrogens is 306 g/mol. The summed E-state index contributed by atoms with van der Waals surface area (Å²) < 4.78 is 5.78. The van der Waals surface area contributed by atoms with Crippen LogP contribution in [0.1, 0.15) is 22.5 Å². The van der Waals surface area contributed by atoms with Crippen molar-refractivity contribution in [3.63, 3.8) is 0 Å². The largest absolute Gasteiger partial charge is 0.487 e. The second kappa shape index (κ2) is 6.11. The van der Waals surface area contributed by atoms with Gasteiger partial charge in [-0.15, -0.1) is 0 Å². The third-order valence-electron chi connectivity index (χ3n) is 3.89. The van der Waals surface area contributed by atoms with Gasteiger partial charge in [0, 0.05) is 18.2 Å². The fourth-order valence-electron chi connectivity index (χ4n) is 2.65. The van der Waals surface area contributed by atoms with E-state index in [1.165, 1.54) is 6.33 Å². The summed E-state index contributed by atoms with van der Waals surface area (Å²) in [6, 6.07) is 9.52. The lowest BCUT2D eigenvalue weighted by Crippen LogP contribution is -2.20. The minimum Gasteiger partial charge on any atom is -0.487 e. The highest BCUT2D eigenvalue weighted by atomic mass is 16.5. The molecule has 120 valence electrons. The van der Waals surface area contributed by atoms with Gasteiger partial charge >= 0.3 is 0 Å². The highest BCUT2D eigenvalue weighted by Crippen LogP contribution is 2.25. The summed E-state index contributed by atoms with van der Waals surface area (Å²) >= 11 is 0. The molecule has 0 saturated carbocycles. The average molecular weight is 321 g/mol. The first-order chi connectivity index (χ1) is 11.8. The van der Waals surface area contributed by atoms with E-state index >= 15 is 0 Å². The van der Waals surface area contributed by atoms with Crippen LogP contribution >= 0.6 is 0 Å². The van der Waals surface area contributed by atoms with Crippen molar-refractivity contribution in [2.24, 2.45) is 0 Å². The first-order valence-corrected chi connectivity index (χ1v) is 7.61. The van der Waals surface area contributed by atoms with Crippen LogP contribution in [0.25, 0.3) is 0 Å². The Morgan fingerprint density at radius 3 is 3.04 bits per heavy atom. The van der Waals surface area contributed by atoms with E-state index < -0.39 is 0 Å². The zero-order chi connectivity index (χ0) is 16.4. The monoisotopic (exact) mass is 321 g/mol. The van der Waals surface area contributed by atoms with Crippen LogP contribution in [-0.2, 0) is 19.6 Å². The average Bonchev–Trinajstić information content (AvgIpc) is 2.81. The second-order valence-corrected chi connectivity index (χ2v) is 5.47. The first kappa shape index (κ1) is 14.4. The first-order valence-electron chi connectivity index (χ1n) is 7.61. The van der Waals surface area contributed by atoms with Crippen LogP contribution in [0.3, 0.4) is 0 Å². The molecule has 0 fully saturated rings. The molecular formula is C17H15N5O2. The Morgan fingerprint density at radius 2 is 2.17 bits per heavy atom. The van der Waals surface area contributed by atoms with Crippen molar-refractivity contribution in [2.45, 2.75) is 19.6 Å². The van der Waals surface area contributed by atoms with Crippen molar-refractivity contribution in [1.82, 2.24) is 19.9 Å². The molecule has 0 atom stereocenters. The number of rotatable bonds is 3. The van der Waals surface area contributed by atoms with E-state index in [0.29, 0.717) is 30.2 Å². The van der Waals surface area contributed by atoms with Gasteiger partial charge in [0.2, 0.25) is 5.95 Å². The number of H-pyrrole nitrogens is 1. The van der Waals surface area contributed by atoms with Crippen LogP contribution in [0.2, 0.25) is 0 Å². The van der Waals surface area contributed by atoms with E-state index in [9.17, 15) is 4.79 Å². The number of benzene rings is 1. The van der Waals surface area contributed by atoms with Gasteiger partial charge in [-0.25, -0.2) is 15.0 Å². The fourth-order valence-corrected chi connectivity index (χ4v) is 2.65. The maximum absolute atomic E-state index is 12.4. The van der Waals surface area contributed by atoms with Gasteiger partial charge in [0.25, 0.3) is 5.56 Å². The molecule has 0 radical (unpaired) electrons. The molecule has 3 aromatic rings. The molecule has 0 amide bonds. The van der Waals surface area contributed by atoms with Crippen molar-refractivity contribution >= 4 is 5.95 Å². The standard InChI is InChI=1S/C17H15N5O2/c23-16-13-7-11-3-1-2-4-15(11)24-9-14(13)21-17(22-16)19-8-12-5-6-18-10-20-12/h1-6,10H,7-9H2,(H2,19,21,22,23). The Labute approximate surface area is 137 Å². The van der Waals surface area contributed by atoms with Gasteiger partial charge in [0.15, 0.2) is 0 Å². The van der Waals surface area contributed by atoms with Crippen molar-refractivity contribution in [1.29, 1.82) is 0 Å². The number of aromatic nitrogens is 4. The number of anilines is 1. The molecule has 7 heteroatoms. The zero-order valence-electron chi connectivity index (χ0n) is 12.8.